The number of hydrogen-bond acceptors (Lipinski definition) is 6. The smallest absolute Gasteiger partial charge is 0.188 e. The Hall–Kier alpha value is -3.54. The Kier molecular flexibility index (Phi) is 3.28. The van der Waals surface area contributed by atoms with Crippen LogP contribution < -0.4 is 0 Å². The summed E-state index contributed by atoms with van der Waals surface area (Å²) in [6.45, 7) is 0. The Bertz CT molecular complexity index is 1010. The van der Waals surface area contributed by atoms with Crippen LogP contribution in [-0.4, -0.2) is 30.6 Å². The summed E-state index contributed by atoms with van der Waals surface area (Å²) < 4.78 is 0. The lowest BCUT2D eigenvalue weighted by Crippen LogP contribution is -1.99. The summed E-state index contributed by atoms with van der Waals surface area (Å²) in [4.78, 5) is 0. The zero-order valence-corrected chi connectivity index (χ0v) is 12.5. The van der Waals surface area contributed by atoms with Gasteiger partial charge < -0.3 is 10.2 Å². The molecule has 0 atom stereocenters. The minimum absolute atomic E-state index is 0.168. The number of aliphatic hydroxyl groups excluding tert-OH is 2. The molecule has 2 aromatic heterocycles. The van der Waals surface area contributed by atoms with Gasteiger partial charge in [0.25, 0.3) is 0 Å². The highest BCUT2D eigenvalue weighted by molar-refractivity contribution is 5.87. The minimum Gasteiger partial charge on any atom is -0.503 e. The van der Waals surface area contributed by atoms with E-state index in [-0.39, 0.29) is 11.4 Å². The maximum absolute atomic E-state index is 10.3. The number of benzene rings is 2. The molecule has 116 valence electrons. The molecular formula is C18H12N4O2. The van der Waals surface area contributed by atoms with Gasteiger partial charge in [-0.15, -0.1) is 20.4 Å². The zero-order chi connectivity index (χ0) is 16.5. The van der Waals surface area contributed by atoms with E-state index in [4.69, 9.17) is 0 Å². The SMILES string of the molecule is O/C(=C(/O)c1cc2ccccc2nn1)c1cc2ccccc2nn1. The molecule has 0 amide bonds. The number of aliphatic hydroxyl groups is 2. The number of rotatable bonds is 2. The normalized spacial score (nSPS) is 12.3. The molecule has 0 aliphatic carbocycles. The summed E-state index contributed by atoms with van der Waals surface area (Å²) >= 11 is 0. The second-order valence-electron chi connectivity index (χ2n) is 5.27. The minimum atomic E-state index is -0.391. The fourth-order valence-electron chi connectivity index (χ4n) is 2.44. The predicted octanol–water partition coefficient (Wildman–Crippen LogP) is 3.51. The molecule has 0 saturated heterocycles. The van der Waals surface area contributed by atoms with E-state index in [9.17, 15) is 10.2 Å². The predicted molar refractivity (Wildman–Crippen MR) is 91.1 cm³/mol. The summed E-state index contributed by atoms with van der Waals surface area (Å²) in [6, 6.07) is 18.1. The van der Waals surface area contributed by atoms with E-state index in [0.29, 0.717) is 11.0 Å². The van der Waals surface area contributed by atoms with Crippen molar-refractivity contribution < 1.29 is 10.2 Å². The van der Waals surface area contributed by atoms with E-state index in [2.05, 4.69) is 20.4 Å². The molecule has 0 unspecified atom stereocenters. The first-order valence-electron chi connectivity index (χ1n) is 7.30. The van der Waals surface area contributed by atoms with Crippen LogP contribution in [0.5, 0.6) is 0 Å². The molecule has 6 heteroatoms. The molecule has 0 spiro atoms. The van der Waals surface area contributed by atoms with Crippen LogP contribution in [0.25, 0.3) is 33.3 Å². The quantitative estimate of drug-likeness (QED) is 0.550. The first kappa shape index (κ1) is 14.1. The molecular weight excluding hydrogens is 304 g/mol. The molecule has 24 heavy (non-hydrogen) atoms. The van der Waals surface area contributed by atoms with Gasteiger partial charge in [0.1, 0.15) is 11.4 Å². The molecule has 0 fully saturated rings. The molecule has 0 aliphatic rings. The summed E-state index contributed by atoms with van der Waals surface area (Å²) in [5, 5.41) is 38.3. The van der Waals surface area contributed by atoms with Crippen molar-refractivity contribution in [3.05, 3.63) is 72.1 Å². The van der Waals surface area contributed by atoms with Crippen molar-refractivity contribution >= 4 is 33.3 Å². The van der Waals surface area contributed by atoms with Crippen molar-refractivity contribution in [2.75, 3.05) is 0 Å². The first-order valence-corrected chi connectivity index (χ1v) is 7.30. The highest BCUT2D eigenvalue weighted by Gasteiger charge is 2.14. The van der Waals surface area contributed by atoms with Crippen molar-refractivity contribution in [2.24, 2.45) is 0 Å². The van der Waals surface area contributed by atoms with E-state index < -0.39 is 11.5 Å². The number of fused-ring (bicyclic) bond motifs is 2. The van der Waals surface area contributed by atoms with E-state index in [1.54, 1.807) is 12.1 Å². The van der Waals surface area contributed by atoms with Crippen LogP contribution in [0.3, 0.4) is 0 Å². The third kappa shape index (κ3) is 2.40. The highest BCUT2D eigenvalue weighted by atomic mass is 16.3. The van der Waals surface area contributed by atoms with Crippen LogP contribution in [0.15, 0.2) is 60.7 Å². The molecule has 6 nitrogen and oxygen atoms in total. The number of nitrogens with zero attached hydrogens (tertiary/aromatic N) is 4. The largest absolute Gasteiger partial charge is 0.503 e. The average molecular weight is 316 g/mol. The maximum atomic E-state index is 10.3. The lowest BCUT2D eigenvalue weighted by Gasteiger charge is -2.05. The molecule has 0 aliphatic heterocycles. The molecule has 2 N–H and O–H groups in total. The summed E-state index contributed by atoms with van der Waals surface area (Å²) in [6.07, 6.45) is 0. The summed E-state index contributed by atoms with van der Waals surface area (Å²) in [7, 11) is 0. The van der Waals surface area contributed by atoms with Gasteiger partial charge in [-0.3, -0.25) is 0 Å². The third-order valence-electron chi connectivity index (χ3n) is 3.70. The van der Waals surface area contributed by atoms with E-state index in [1.165, 1.54) is 0 Å². The molecule has 2 heterocycles. The van der Waals surface area contributed by atoms with E-state index >= 15 is 0 Å². The number of hydrogen-bond donors (Lipinski definition) is 2. The van der Waals surface area contributed by atoms with E-state index in [1.807, 2.05) is 48.5 Å². The lowest BCUT2D eigenvalue weighted by atomic mass is 10.1. The van der Waals surface area contributed by atoms with Crippen molar-refractivity contribution in [1.29, 1.82) is 0 Å². The van der Waals surface area contributed by atoms with Gasteiger partial charge in [-0.05, 0) is 24.3 Å². The van der Waals surface area contributed by atoms with Gasteiger partial charge in [0.05, 0.1) is 11.0 Å². The van der Waals surface area contributed by atoms with Gasteiger partial charge in [0.2, 0.25) is 0 Å². The van der Waals surface area contributed by atoms with Crippen LogP contribution in [0.4, 0.5) is 0 Å². The second kappa shape index (κ2) is 5.58. The fraction of sp³-hybridized carbons (Fsp3) is 0. The van der Waals surface area contributed by atoms with Crippen LogP contribution in [0.2, 0.25) is 0 Å². The Morgan fingerprint density at radius 3 is 1.46 bits per heavy atom. The van der Waals surface area contributed by atoms with Crippen molar-refractivity contribution in [2.45, 2.75) is 0 Å². The standard InChI is InChI=1S/C18H12N4O2/c23-17(15-9-11-5-1-3-7-13(11)19-21-15)18(24)16-10-12-6-2-4-8-14(12)20-22-16/h1-10,23-24H/b18-17+. The van der Waals surface area contributed by atoms with Gasteiger partial charge in [-0.1, -0.05) is 36.4 Å². The van der Waals surface area contributed by atoms with Crippen LogP contribution in [-0.2, 0) is 0 Å². The number of aromatic nitrogens is 4. The maximum Gasteiger partial charge on any atom is 0.188 e. The monoisotopic (exact) mass is 316 g/mol. The van der Waals surface area contributed by atoms with Gasteiger partial charge in [0.15, 0.2) is 11.5 Å². The molecule has 0 bridgehead atoms. The molecule has 0 saturated carbocycles. The Balaban J connectivity index is 1.82. The lowest BCUT2D eigenvalue weighted by molar-refractivity contribution is 0.454. The highest BCUT2D eigenvalue weighted by Crippen LogP contribution is 2.23. The Morgan fingerprint density at radius 2 is 1.00 bits per heavy atom. The first-order chi connectivity index (χ1) is 11.7. The summed E-state index contributed by atoms with van der Waals surface area (Å²) in [5.41, 5.74) is 1.75. The fourth-order valence-corrected chi connectivity index (χ4v) is 2.44. The average Bonchev–Trinajstić information content (AvgIpc) is 2.66. The van der Waals surface area contributed by atoms with Gasteiger partial charge >= 0.3 is 0 Å². The van der Waals surface area contributed by atoms with Crippen LogP contribution in [0, 0.1) is 0 Å². The Labute approximate surface area is 136 Å². The van der Waals surface area contributed by atoms with Crippen molar-refractivity contribution in [3.63, 3.8) is 0 Å². The molecule has 4 rings (SSSR count). The van der Waals surface area contributed by atoms with Crippen molar-refractivity contribution in [1.82, 2.24) is 20.4 Å². The van der Waals surface area contributed by atoms with Gasteiger partial charge in [-0.25, -0.2) is 0 Å². The zero-order valence-electron chi connectivity index (χ0n) is 12.5. The topological polar surface area (TPSA) is 92.0 Å². The molecule has 2 aromatic carbocycles. The van der Waals surface area contributed by atoms with Gasteiger partial charge in [0, 0.05) is 10.8 Å². The van der Waals surface area contributed by atoms with Crippen LogP contribution in [0.1, 0.15) is 11.4 Å². The third-order valence-corrected chi connectivity index (χ3v) is 3.70. The molecule has 0 radical (unpaired) electrons. The van der Waals surface area contributed by atoms with Crippen LogP contribution >= 0.6 is 0 Å². The second-order valence-corrected chi connectivity index (χ2v) is 5.27. The summed E-state index contributed by atoms with van der Waals surface area (Å²) in [5.74, 6) is -0.782. The van der Waals surface area contributed by atoms with Crippen molar-refractivity contribution in [3.8, 4) is 0 Å². The van der Waals surface area contributed by atoms with E-state index in [0.717, 1.165) is 10.8 Å². The molecule has 4 aromatic rings. The Morgan fingerprint density at radius 1 is 0.583 bits per heavy atom. The van der Waals surface area contributed by atoms with Gasteiger partial charge in [-0.2, -0.15) is 0 Å².